The van der Waals surface area contributed by atoms with Crippen LogP contribution >= 0.6 is 12.6 Å². The van der Waals surface area contributed by atoms with E-state index in [4.69, 9.17) is 57.0 Å². The number of thiol groups is 1. The van der Waals surface area contributed by atoms with Gasteiger partial charge in [0.25, 0.3) is 0 Å². The highest BCUT2D eigenvalue weighted by Gasteiger charge is 2.41. The molecule has 54 heteroatoms. The normalized spacial score (nSPS) is 15.1. The van der Waals surface area contributed by atoms with Crippen molar-refractivity contribution < 1.29 is 131 Å². The largest absolute Gasteiger partial charge is 0.508 e. The molecule has 1 aromatic rings. The zero-order valence-electron chi connectivity index (χ0n) is 75.0. The van der Waals surface area contributed by atoms with E-state index in [-0.39, 0.29) is 75.1 Å². The number of hydrogen-bond acceptors (Lipinski definition) is 29. The molecule has 0 aromatic heterocycles. The van der Waals surface area contributed by atoms with Crippen LogP contribution in [0, 0.1) is 23.2 Å². The van der Waals surface area contributed by atoms with Crippen LogP contribution < -0.4 is 137 Å². The van der Waals surface area contributed by atoms with E-state index < -0.39 is 333 Å². The number of hydrogen-bond donors (Lipinski definition) is 31. The van der Waals surface area contributed by atoms with Gasteiger partial charge in [0.2, 0.25) is 124 Å². The van der Waals surface area contributed by atoms with Crippen LogP contribution in [-0.4, -0.2) is 284 Å². The van der Waals surface area contributed by atoms with Gasteiger partial charge in [-0.25, -0.2) is 4.79 Å². The van der Waals surface area contributed by atoms with Crippen LogP contribution in [0.15, 0.2) is 24.3 Å². The third-order valence-electron chi connectivity index (χ3n) is 20.0. The molecule has 0 aliphatic heterocycles. The van der Waals surface area contributed by atoms with Gasteiger partial charge < -0.3 is 157 Å². The summed E-state index contributed by atoms with van der Waals surface area (Å²) in [7, 11) is 0. The number of carbonyl (C=O) groups is 23. The Kier molecular flexibility index (Phi) is 52.6. The molecule has 0 saturated heterocycles. The van der Waals surface area contributed by atoms with E-state index in [1.807, 2.05) is 0 Å². The summed E-state index contributed by atoms with van der Waals surface area (Å²) in [4.78, 5) is 309. The third-order valence-corrected chi connectivity index (χ3v) is 20.4. The molecule has 0 saturated carbocycles. The van der Waals surface area contributed by atoms with Gasteiger partial charge in [0, 0.05) is 38.0 Å². The quantitative estimate of drug-likeness (QED) is 0.0125. The molecule has 21 amide bonds. The Bertz CT molecular complexity index is 4280. The van der Waals surface area contributed by atoms with Crippen molar-refractivity contribution in [3.63, 3.8) is 0 Å². The van der Waals surface area contributed by atoms with E-state index in [2.05, 4.69) is 97.7 Å². The summed E-state index contributed by atoms with van der Waals surface area (Å²) < 4.78 is 0. The number of nitrogens with one attached hydrogen (secondary N) is 17. The molecule has 0 heterocycles. The Morgan fingerprint density at radius 2 is 0.722 bits per heavy atom. The zero-order valence-corrected chi connectivity index (χ0v) is 75.9. The highest BCUT2D eigenvalue weighted by molar-refractivity contribution is 7.80. The summed E-state index contributed by atoms with van der Waals surface area (Å²) in [5, 5.41) is 85.9. The summed E-state index contributed by atoms with van der Waals surface area (Å²) in [6, 6.07) is -23.3. The van der Waals surface area contributed by atoms with Crippen LogP contribution in [-0.2, 0) is 117 Å². The maximum atomic E-state index is 14.6. The number of unbranched alkanes of at least 4 members (excludes halogenated alkanes) is 1. The summed E-state index contributed by atoms with van der Waals surface area (Å²) in [5.41, 5.74) is 49.2. The predicted molar refractivity (Wildman–Crippen MR) is 472 cm³/mol. The third kappa shape index (κ3) is 45.6. The molecule has 1 aromatic carbocycles. The lowest BCUT2D eigenvalue weighted by Crippen LogP contribution is -2.63. The standard InChI is InChI=1S/C79H130N26O27S/c1-9-36(6)61(76(129)95-45(20-23-54(83)109)68(121)101-49(29-56(85)111)69(122)93-42(13-10-11-25-80)65(118)99-51(31-58(87)113)71(124)96-46(78(131)132)21-24-55(84)110)104-63(116)37(7)91-75(128)60(35(4)5)103-73(126)47(27-34(2)3)97-72(125)52(32-59(114)115)102-77(130)62(38(8)106)105-74(127)48(28-39-15-17-40(107)18-16-39)98-66(119)43(14-12-26-90-79(88)89)94-70(123)50(30-57(86)112)100-67(120)44(19-22-53(82)108)92-64(117)41(81)33-133/h15-18,34-38,41-52,60-62,106-107,133H,9-14,19-33,80-81H2,1-8H3,(H2,82,108)(H2,83,109)(H2,84,110)(H2,85,111)(H2,86,112)(H2,87,113)(H,91,128)(H,92,117)(H,93,122)(H,94,123)(H,95,129)(H,96,124)(H,97,125)(H,98,119)(H,99,118)(H,100,120)(H,101,121)(H,102,130)(H,103,126)(H,104,116)(H,105,127)(H,114,115)(H,131,132)(H4,88,89,90)/t36-,37-,38+,41-,42-,43-,44-,45-,46-,47-,48-,49-,50-,51-,52-,60-,61-,62-/m0/s1. The van der Waals surface area contributed by atoms with E-state index >= 15 is 0 Å². The molecule has 133 heavy (non-hydrogen) atoms. The second-order valence-electron chi connectivity index (χ2n) is 32.3. The summed E-state index contributed by atoms with van der Waals surface area (Å²) >= 11 is 3.96. The van der Waals surface area contributed by atoms with Crippen molar-refractivity contribution in [3.05, 3.63) is 29.8 Å². The van der Waals surface area contributed by atoms with Crippen LogP contribution in [0.1, 0.15) is 170 Å². The monoisotopic (exact) mass is 1910 g/mol. The number of primary amides is 6. The van der Waals surface area contributed by atoms with Crippen LogP contribution in [0.25, 0.3) is 0 Å². The van der Waals surface area contributed by atoms with E-state index in [1.165, 1.54) is 52.0 Å². The van der Waals surface area contributed by atoms with Crippen molar-refractivity contribution in [2.45, 2.75) is 274 Å². The summed E-state index contributed by atoms with van der Waals surface area (Å²) in [6.07, 6.45) is -10.3. The van der Waals surface area contributed by atoms with Gasteiger partial charge in [-0.05, 0) is 114 Å². The first-order valence-corrected chi connectivity index (χ1v) is 43.0. The highest BCUT2D eigenvalue weighted by atomic mass is 32.1. The number of phenolic OH excluding ortho intramolecular Hbond substituents is 1. The minimum Gasteiger partial charge on any atom is -0.508 e. The Labute approximate surface area is 770 Å². The first kappa shape index (κ1) is 117. The molecule has 0 spiro atoms. The number of carboxylic acids is 2. The number of phenols is 1. The SMILES string of the molecule is CC[C@H](C)[C@H](NC(=O)[C@H](C)NC(=O)[C@@H](NC(=O)[C@H](CC(C)C)NC(=O)[C@H](CC(=O)O)NC(=O)[C@@H](NC(=O)[C@H](Cc1ccc(O)cc1)NC(=O)[C@H](CCCNC(=N)N)NC(=O)[C@H](CC(N)=O)NC(=O)[C@H](CCC(N)=O)NC(=O)[C@@H](N)CS)[C@@H](C)O)C(C)C)C(=O)N[C@@H](CCC(N)=O)C(=O)N[C@@H](CC(N)=O)C(=O)N[C@@H](CCCCN)C(=O)N[C@@H](CC(N)=O)C(=O)N[C@@H](CCC(N)=O)C(=O)O. The predicted octanol–water partition coefficient (Wildman–Crippen LogP) is -12.0. The molecule has 0 bridgehead atoms. The number of nitrogens with two attached hydrogens (primary N) is 9. The van der Waals surface area contributed by atoms with Crippen molar-refractivity contribution in [1.82, 2.24) is 85.1 Å². The van der Waals surface area contributed by atoms with E-state index in [1.54, 1.807) is 20.8 Å². The van der Waals surface area contributed by atoms with Gasteiger partial charge in [-0.2, -0.15) is 12.6 Å². The highest BCUT2D eigenvalue weighted by Crippen LogP contribution is 2.18. The summed E-state index contributed by atoms with van der Waals surface area (Å²) in [5.74, 6) is -30.8. The zero-order chi connectivity index (χ0) is 102. The summed E-state index contributed by atoms with van der Waals surface area (Å²) in [6.45, 7) is 11.3. The first-order chi connectivity index (χ1) is 62.1. The molecule has 0 aliphatic carbocycles. The molecule has 0 unspecified atom stereocenters. The average molecular weight is 1910 g/mol. The molecule has 0 aliphatic rings. The number of aliphatic hydroxyl groups is 1. The molecular formula is C79H130N26O27S. The minimum absolute atomic E-state index is 0.0653. The smallest absolute Gasteiger partial charge is 0.326 e. The van der Waals surface area contributed by atoms with Crippen LogP contribution in [0.4, 0.5) is 0 Å². The number of aliphatic hydroxyl groups excluding tert-OH is 1. The van der Waals surface area contributed by atoms with Crippen molar-refractivity contribution >= 4 is 155 Å². The van der Waals surface area contributed by atoms with Gasteiger partial charge in [-0.15, -0.1) is 0 Å². The maximum absolute atomic E-state index is 14.6. The minimum atomic E-state index is -2.15. The maximum Gasteiger partial charge on any atom is 0.326 e. The second kappa shape index (κ2) is 59.6. The topological polar surface area (TPSA) is 924 Å². The lowest BCUT2D eigenvalue weighted by Gasteiger charge is -2.30. The molecule has 744 valence electrons. The van der Waals surface area contributed by atoms with Gasteiger partial charge in [0.15, 0.2) is 5.96 Å². The fourth-order valence-corrected chi connectivity index (χ4v) is 12.6. The number of rotatable bonds is 65. The number of carboxylic acid groups (broad SMARTS) is 2. The van der Waals surface area contributed by atoms with Crippen molar-refractivity contribution in [3.8, 4) is 5.75 Å². The van der Waals surface area contributed by atoms with Crippen molar-refractivity contribution in [1.29, 1.82) is 5.41 Å². The van der Waals surface area contributed by atoms with Gasteiger partial charge in [0.1, 0.15) is 96.4 Å². The molecule has 39 N–H and O–H groups in total. The van der Waals surface area contributed by atoms with E-state index in [0.717, 1.165) is 6.92 Å². The molecule has 0 fully saturated rings. The number of aliphatic carboxylic acids is 2. The molecule has 1 rings (SSSR count). The number of carbonyl (C=O) groups excluding carboxylic acids is 21. The number of amides is 21. The van der Waals surface area contributed by atoms with Crippen LogP contribution in [0.3, 0.4) is 0 Å². The molecule has 0 radical (unpaired) electrons. The van der Waals surface area contributed by atoms with Crippen LogP contribution in [0.2, 0.25) is 0 Å². The Morgan fingerprint density at radius 3 is 1.11 bits per heavy atom. The fourth-order valence-electron chi connectivity index (χ4n) is 12.5. The number of benzene rings is 1. The van der Waals surface area contributed by atoms with Gasteiger partial charge >= 0.3 is 11.9 Å². The molecule has 18 atom stereocenters. The second-order valence-corrected chi connectivity index (χ2v) is 32.6. The van der Waals surface area contributed by atoms with Crippen LogP contribution in [0.5, 0.6) is 5.75 Å². The van der Waals surface area contributed by atoms with Gasteiger partial charge in [-0.3, -0.25) is 111 Å². The molecular weight excluding hydrogens is 1780 g/mol. The van der Waals surface area contributed by atoms with Crippen molar-refractivity contribution in [2.24, 2.45) is 69.4 Å². The Hall–Kier alpha value is -13.7. The Balaban J connectivity index is 3.73. The van der Waals surface area contributed by atoms with Gasteiger partial charge in [0.05, 0.1) is 37.8 Å². The fraction of sp³-hybridized carbons (Fsp3) is 0.620. The first-order valence-electron chi connectivity index (χ1n) is 42.4. The number of guanidine groups is 1. The lowest BCUT2D eigenvalue weighted by atomic mass is 9.97. The van der Waals surface area contributed by atoms with E-state index in [9.17, 15) is 131 Å². The Morgan fingerprint density at radius 1 is 0.383 bits per heavy atom. The van der Waals surface area contributed by atoms with Crippen molar-refractivity contribution in [2.75, 3.05) is 18.8 Å². The lowest BCUT2D eigenvalue weighted by molar-refractivity contribution is -0.143. The number of aromatic hydroxyl groups is 1. The van der Waals surface area contributed by atoms with Gasteiger partial charge in [-0.1, -0.05) is 60.1 Å². The van der Waals surface area contributed by atoms with E-state index in [0.29, 0.717) is 0 Å². The molecule has 53 nitrogen and oxygen atoms in total. The average Bonchev–Trinajstić information content (AvgIpc) is 0.840.